The van der Waals surface area contributed by atoms with Crippen molar-refractivity contribution < 1.29 is 14.3 Å². The van der Waals surface area contributed by atoms with Crippen molar-refractivity contribution in [3.8, 4) is 11.1 Å². The number of hydrogen-bond acceptors (Lipinski definition) is 3. The number of likely N-dealkylation sites (tertiary alicyclic amines) is 1. The van der Waals surface area contributed by atoms with Crippen LogP contribution in [0.4, 0.5) is 4.79 Å². The van der Waals surface area contributed by atoms with Gasteiger partial charge in [-0.25, -0.2) is 4.79 Å². The van der Waals surface area contributed by atoms with Crippen LogP contribution in [0.25, 0.3) is 11.1 Å². The number of carbonyl (C=O) groups excluding carboxylic acids is 2. The Balaban J connectivity index is 1.24. The second-order valence-corrected chi connectivity index (χ2v) is 12.1. The quantitative estimate of drug-likeness (QED) is 0.153. The molecule has 7 rings (SSSR count). The van der Waals surface area contributed by atoms with Crippen LogP contribution in [-0.2, 0) is 14.9 Å². The molecule has 4 nitrogen and oxygen atoms in total. The van der Waals surface area contributed by atoms with E-state index in [1.807, 2.05) is 42.5 Å². The molecule has 0 radical (unpaired) electrons. The molecule has 0 unspecified atom stereocenters. The Morgan fingerprint density at radius 1 is 0.659 bits per heavy atom. The van der Waals surface area contributed by atoms with Crippen molar-refractivity contribution in [2.45, 2.75) is 23.8 Å². The lowest BCUT2D eigenvalue weighted by Crippen LogP contribution is -2.42. The van der Waals surface area contributed by atoms with Gasteiger partial charge in [0.05, 0.1) is 0 Å². The van der Waals surface area contributed by atoms with Crippen molar-refractivity contribution >= 4 is 23.8 Å². The third kappa shape index (κ3) is 4.72. The molecule has 0 N–H and O–H groups in total. The summed E-state index contributed by atoms with van der Waals surface area (Å²) >= 11 is 4.29. The van der Waals surface area contributed by atoms with E-state index in [-0.39, 0.29) is 23.6 Å². The van der Waals surface area contributed by atoms with Crippen LogP contribution in [0.15, 0.2) is 140 Å². The van der Waals surface area contributed by atoms with Crippen LogP contribution in [0.1, 0.15) is 40.2 Å². The highest BCUT2D eigenvalue weighted by Crippen LogP contribution is 2.50. The minimum Gasteiger partial charge on any atom is -0.448 e. The number of ether oxygens (including phenoxy) is 1. The van der Waals surface area contributed by atoms with Gasteiger partial charge in [0.25, 0.3) is 0 Å². The number of fused-ring (bicyclic) bond motifs is 3. The van der Waals surface area contributed by atoms with E-state index in [0.29, 0.717) is 13.0 Å². The number of amides is 1. The van der Waals surface area contributed by atoms with Gasteiger partial charge in [0, 0.05) is 17.9 Å². The van der Waals surface area contributed by atoms with Crippen LogP contribution in [0.5, 0.6) is 0 Å². The Morgan fingerprint density at radius 2 is 1.09 bits per heavy atom. The Kier molecular flexibility index (Phi) is 7.57. The normalized spacial score (nSPS) is 17.6. The van der Waals surface area contributed by atoms with Crippen LogP contribution in [0.2, 0.25) is 0 Å². The fraction of sp³-hybridized carbons (Fsp3) is 0.179. The van der Waals surface area contributed by atoms with Crippen LogP contribution < -0.4 is 0 Å². The van der Waals surface area contributed by atoms with Gasteiger partial charge in [-0.3, -0.25) is 9.69 Å². The highest BCUT2D eigenvalue weighted by atomic mass is 32.1. The number of nitrogens with zero attached hydrogens (tertiary/aromatic N) is 1. The van der Waals surface area contributed by atoms with Crippen molar-refractivity contribution in [2.24, 2.45) is 5.92 Å². The molecule has 1 heterocycles. The second-order valence-electron chi connectivity index (χ2n) is 11.6. The predicted octanol–water partition coefficient (Wildman–Crippen LogP) is 8.12. The van der Waals surface area contributed by atoms with Crippen molar-refractivity contribution in [3.63, 3.8) is 0 Å². The van der Waals surface area contributed by atoms with Gasteiger partial charge >= 0.3 is 6.09 Å². The fourth-order valence-electron chi connectivity index (χ4n) is 7.57. The summed E-state index contributed by atoms with van der Waals surface area (Å²) < 4.78 is 6.08. The van der Waals surface area contributed by atoms with Gasteiger partial charge in [0.15, 0.2) is 0 Å². The van der Waals surface area contributed by atoms with E-state index in [9.17, 15) is 9.59 Å². The molecule has 0 bridgehead atoms. The topological polar surface area (TPSA) is 46.6 Å². The summed E-state index contributed by atoms with van der Waals surface area (Å²) in [5, 5.41) is -0.330. The average Bonchev–Trinajstić information content (AvgIpc) is 3.66. The first kappa shape index (κ1) is 28.2. The molecule has 1 amide bonds. The third-order valence-electron chi connectivity index (χ3n) is 9.46. The summed E-state index contributed by atoms with van der Waals surface area (Å²) in [6.45, 7) is 0.551. The van der Waals surface area contributed by atoms with Crippen molar-refractivity contribution in [3.05, 3.63) is 167 Å². The SMILES string of the molecule is O=C(S)[C@@H]1C[C@H](C(c2ccccc2)(c2ccccc2)c2ccccc2)CN1C(=O)OCC1c2ccccc2-c2ccccc21. The average molecular weight is 596 g/mol. The van der Waals surface area contributed by atoms with Gasteiger partial charge in [-0.1, -0.05) is 140 Å². The lowest BCUT2D eigenvalue weighted by Gasteiger charge is -2.41. The molecule has 2 atom stereocenters. The molecule has 5 aromatic rings. The van der Waals surface area contributed by atoms with Gasteiger partial charge < -0.3 is 4.74 Å². The van der Waals surface area contributed by atoms with E-state index >= 15 is 0 Å². The molecule has 0 spiro atoms. The van der Waals surface area contributed by atoms with Crippen molar-refractivity contribution in [1.29, 1.82) is 0 Å². The number of thiol groups is 1. The number of carbonyl (C=O) groups is 2. The van der Waals surface area contributed by atoms with Crippen LogP contribution >= 0.6 is 12.6 Å². The summed E-state index contributed by atoms with van der Waals surface area (Å²) in [5.74, 6) is -0.178. The Labute approximate surface area is 263 Å². The molecule has 5 aromatic carbocycles. The number of hydrogen-bond donors (Lipinski definition) is 1. The monoisotopic (exact) mass is 595 g/mol. The highest BCUT2D eigenvalue weighted by molar-refractivity contribution is 7.96. The molecular formula is C39H33NO3S. The maximum atomic E-state index is 13.9. The largest absolute Gasteiger partial charge is 0.448 e. The van der Waals surface area contributed by atoms with E-state index in [1.54, 1.807) is 4.90 Å². The molecule has 1 fully saturated rings. The molecule has 44 heavy (non-hydrogen) atoms. The molecule has 0 aromatic heterocycles. The first-order valence-corrected chi connectivity index (χ1v) is 15.5. The Morgan fingerprint density at radius 3 is 1.55 bits per heavy atom. The van der Waals surface area contributed by atoms with Gasteiger partial charge in [0.2, 0.25) is 5.12 Å². The Hall–Kier alpha value is -4.61. The summed E-state index contributed by atoms with van der Waals surface area (Å²) in [4.78, 5) is 28.6. The van der Waals surface area contributed by atoms with Crippen molar-refractivity contribution in [1.82, 2.24) is 4.90 Å². The number of rotatable bonds is 7. The molecule has 1 saturated heterocycles. The van der Waals surface area contributed by atoms with Crippen LogP contribution in [0, 0.1) is 5.92 Å². The standard InChI is InChI=1S/C39H33NO3S/c41-37(44)36-24-30(39(27-14-4-1-5-15-27,28-16-6-2-7-17-28)29-18-8-3-9-19-29)25-40(36)38(42)43-26-35-33-22-12-10-20-31(33)32-21-11-13-23-34(32)35/h1-23,30,35-36H,24-26H2,(H,41,44)/t30-,36-/m0/s1. The highest BCUT2D eigenvalue weighted by Gasteiger charge is 2.51. The van der Waals surface area contributed by atoms with Crippen molar-refractivity contribution in [2.75, 3.05) is 13.2 Å². The lowest BCUT2D eigenvalue weighted by molar-refractivity contribution is -0.114. The first-order chi connectivity index (χ1) is 21.6. The summed E-state index contributed by atoms with van der Waals surface area (Å²) in [5.41, 5.74) is 7.38. The zero-order valence-corrected chi connectivity index (χ0v) is 25.1. The molecular weight excluding hydrogens is 563 g/mol. The Bertz CT molecular complexity index is 1650. The van der Waals surface area contributed by atoms with Gasteiger partial charge in [-0.05, 0) is 51.3 Å². The first-order valence-electron chi connectivity index (χ1n) is 15.1. The maximum Gasteiger partial charge on any atom is 0.410 e. The summed E-state index contributed by atoms with van der Waals surface area (Å²) in [7, 11) is 0. The van der Waals surface area contributed by atoms with E-state index in [0.717, 1.165) is 27.8 Å². The van der Waals surface area contributed by atoms with E-state index < -0.39 is 17.6 Å². The van der Waals surface area contributed by atoms with Crippen LogP contribution in [0.3, 0.4) is 0 Å². The van der Waals surface area contributed by atoms with Crippen LogP contribution in [-0.4, -0.2) is 35.3 Å². The molecule has 1 aliphatic carbocycles. The smallest absolute Gasteiger partial charge is 0.410 e. The molecule has 2 aliphatic rings. The van der Waals surface area contributed by atoms with Gasteiger partial charge in [-0.2, -0.15) is 0 Å². The zero-order valence-electron chi connectivity index (χ0n) is 24.3. The predicted molar refractivity (Wildman–Crippen MR) is 177 cm³/mol. The van der Waals surface area contributed by atoms with E-state index in [2.05, 4.69) is 110 Å². The molecule has 5 heteroatoms. The van der Waals surface area contributed by atoms with E-state index in [1.165, 1.54) is 11.1 Å². The third-order valence-corrected chi connectivity index (χ3v) is 9.75. The second kappa shape index (κ2) is 11.8. The number of benzene rings is 5. The molecule has 0 saturated carbocycles. The molecule has 218 valence electrons. The van der Waals surface area contributed by atoms with E-state index in [4.69, 9.17) is 4.74 Å². The fourth-order valence-corrected chi connectivity index (χ4v) is 7.82. The van der Waals surface area contributed by atoms with Gasteiger partial charge in [0.1, 0.15) is 12.6 Å². The molecule has 1 aliphatic heterocycles. The summed E-state index contributed by atoms with van der Waals surface area (Å²) in [6.07, 6.45) is -0.0181. The zero-order chi connectivity index (χ0) is 30.1. The maximum absolute atomic E-state index is 13.9. The minimum absolute atomic E-state index is 0.0630. The lowest BCUT2D eigenvalue weighted by atomic mass is 9.61. The minimum atomic E-state index is -0.700. The van der Waals surface area contributed by atoms with Gasteiger partial charge in [-0.15, -0.1) is 12.6 Å². The summed E-state index contributed by atoms with van der Waals surface area (Å²) in [6, 6.07) is 47.1.